The maximum atomic E-state index is 14.0. The van der Waals surface area contributed by atoms with E-state index in [9.17, 15) is 9.18 Å². The summed E-state index contributed by atoms with van der Waals surface area (Å²) in [6, 6.07) is 11.3. The molecule has 4 nitrogen and oxygen atoms in total. The number of benzene rings is 2. The van der Waals surface area contributed by atoms with Crippen molar-refractivity contribution in [2.75, 3.05) is 14.2 Å². The van der Waals surface area contributed by atoms with Gasteiger partial charge in [0.15, 0.2) is 17.8 Å². The van der Waals surface area contributed by atoms with Crippen molar-refractivity contribution >= 4 is 17.2 Å². The average molecular weight is 311 g/mol. The van der Waals surface area contributed by atoms with Crippen LogP contribution in [0, 0.1) is 5.82 Å². The zero-order chi connectivity index (χ0) is 16.4. The molecular weight excluding hydrogens is 297 g/mol. The summed E-state index contributed by atoms with van der Waals surface area (Å²) in [5.74, 6) is 0.542. The first-order valence-corrected chi connectivity index (χ1v) is 6.95. The van der Waals surface area contributed by atoms with Gasteiger partial charge in [0.05, 0.1) is 30.8 Å². The molecular formula is C18H14FNO3. The molecule has 0 aliphatic rings. The van der Waals surface area contributed by atoms with E-state index in [-0.39, 0.29) is 0 Å². The Hall–Kier alpha value is -2.95. The molecule has 0 unspecified atom stereocenters. The van der Waals surface area contributed by atoms with Gasteiger partial charge in [-0.1, -0.05) is 12.1 Å². The highest BCUT2D eigenvalue weighted by atomic mass is 19.1. The van der Waals surface area contributed by atoms with Crippen LogP contribution < -0.4 is 9.47 Å². The Morgan fingerprint density at radius 1 is 1.09 bits per heavy atom. The topological polar surface area (TPSA) is 48.4 Å². The van der Waals surface area contributed by atoms with Crippen LogP contribution in [0.15, 0.2) is 42.5 Å². The van der Waals surface area contributed by atoms with E-state index >= 15 is 0 Å². The number of fused-ring (bicyclic) bond motifs is 1. The molecule has 0 saturated carbocycles. The Morgan fingerprint density at radius 3 is 2.52 bits per heavy atom. The Bertz CT molecular complexity index is 893. The van der Waals surface area contributed by atoms with Crippen LogP contribution in [0.25, 0.3) is 22.2 Å². The fourth-order valence-electron chi connectivity index (χ4n) is 2.57. The smallest absolute Gasteiger partial charge is 0.170 e. The highest BCUT2D eigenvalue weighted by Gasteiger charge is 2.16. The van der Waals surface area contributed by atoms with Gasteiger partial charge in [-0.15, -0.1) is 0 Å². The van der Waals surface area contributed by atoms with Crippen LogP contribution in [0.5, 0.6) is 11.5 Å². The summed E-state index contributed by atoms with van der Waals surface area (Å²) in [6.07, 6.45) is 0.705. The summed E-state index contributed by atoms with van der Waals surface area (Å²) in [5.41, 5.74) is 1.63. The van der Waals surface area contributed by atoms with Crippen LogP contribution in [0.2, 0.25) is 0 Å². The summed E-state index contributed by atoms with van der Waals surface area (Å²) in [7, 11) is 3.02. The third kappa shape index (κ3) is 2.50. The third-order valence-electron chi connectivity index (χ3n) is 3.62. The van der Waals surface area contributed by atoms with Gasteiger partial charge in [0.25, 0.3) is 0 Å². The lowest BCUT2D eigenvalue weighted by Gasteiger charge is -2.13. The van der Waals surface area contributed by atoms with E-state index in [2.05, 4.69) is 4.98 Å². The van der Waals surface area contributed by atoms with Gasteiger partial charge in [-0.3, -0.25) is 4.79 Å². The number of carbonyl (C=O) groups excluding carboxylic acids is 1. The van der Waals surface area contributed by atoms with Crippen LogP contribution >= 0.6 is 0 Å². The van der Waals surface area contributed by atoms with Gasteiger partial charge in [0.2, 0.25) is 0 Å². The second-order valence-electron chi connectivity index (χ2n) is 4.89. The van der Waals surface area contributed by atoms with Crippen molar-refractivity contribution in [1.82, 2.24) is 4.98 Å². The number of aldehydes is 1. The van der Waals surface area contributed by atoms with E-state index < -0.39 is 5.82 Å². The Morgan fingerprint density at radius 2 is 1.87 bits per heavy atom. The lowest BCUT2D eigenvalue weighted by molar-refractivity contribution is 0.112. The van der Waals surface area contributed by atoms with Crippen LogP contribution in [0.1, 0.15) is 10.4 Å². The summed E-state index contributed by atoms with van der Waals surface area (Å²) in [5, 5.41) is 0.543. The first kappa shape index (κ1) is 15.0. The lowest BCUT2D eigenvalue weighted by Crippen LogP contribution is -1.98. The second kappa shape index (κ2) is 6.04. The quantitative estimate of drug-likeness (QED) is 0.686. The Balaban J connectivity index is 2.34. The maximum absolute atomic E-state index is 14.0. The number of ether oxygens (including phenoxy) is 2. The van der Waals surface area contributed by atoms with E-state index in [1.807, 2.05) is 0 Å². The SMILES string of the molecule is COc1ccc2nc(-c3ccccc3F)cc(C=O)c2c1OC. The molecule has 0 bridgehead atoms. The van der Waals surface area contributed by atoms with Gasteiger partial charge in [-0.2, -0.15) is 0 Å². The monoisotopic (exact) mass is 311 g/mol. The molecule has 0 amide bonds. The predicted octanol–water partition coefficient (Wildman–Crippen LogP) is 3.87. The molecule has 2 aromatic carbocycles. The first-order chi connectivity index (χ1) is 11.2. The van der Waals surface area contributed by atoms with E-state index in [0.29, 0.717) is 45.5 Å². The molecule has 5 heteroatoms. The van der Waals surface area contributed by atoms with E-state index in [4.69, 9.17) is 9.47 Å². The van der Waals surface area contributed by atoms with Gasteiger partial charge in [-0.25, -0.2) is 9.37 Å². The summed E-state index contributed by atoms with van der Waals surface area (Å²) in [4.78, 5) is 16.0. The van der Waals surface area contributed by atoms with Crippen molar-refractivity contribution in [3.8, 4) is 22.8 Å². The van der Waals surface area contributed by atoms with Crippen molar-refractivity contribution in [3.63, 3.8) is 0 Å². The number of hydrogen-bond donors (Lipinski definition) is 0. The summed E-state index contributed by atoms with van der Waals surface area (Å²) >= 11 is 0. The number of methoxy groups -OCH3 is 2. The van der Waals surface area contributed by atoms with Gasteiger partial charge in [-0.05, 0) is 30.3 Å². The largest absolute Gasteiger partial charge is 0.493 e. The molecule has 23 heavy (non-hydrogen) atoms. The van der Waals surface area contributed by atoms with E-state index in [1.165, 1.54) is 20.3 Å². The van der Waals surface area contributed by atoms with Crippen LogP contribution in [-0.2, 0) is 0 Å². The van der Waals surface area contributed by atoms with Crippen molar-refractivity contribution in [2.24, 2.45) is 0 Å². The number of rotatable bonds is 4. The number of nitrogens with zero attached hydrogens (tertiary/aromatic N) is 1. The molecule has 0 spiro atoms. The minimum Gasteiger partial charge on any atom is -0.493 e. The molecule has 0 atom stereocenters. The molecule has 0 fully saturated rings. The van der Waals surface area contributed by atoms with Crippen LogP contribution in [0.3, 0.4) is 0 Å². The standard InChI is InChI=1S/C18H14FNO3/c1-22-16-8-7-14-17(18(16)23-2)11(10-21)9-15(20-14)12-5-3-4-6-13(12)19/h3-10H,1-2H3. The van der Waals surface area contributed by atoms with Gasteiger partial charge in [0, 0.05) is 11.1 Å². The third-order valence-corrected chi connectivity index (χ3v) is 3.62. The average Bonchev–Trinajstić information content (AvgIpc) is 2.59. The fraction of sp³-hybridized carbons (Fsp3) is 0.111. The van der Waals surface area contributed by atoms with E-state index in [1.54, 1.807) is 36.4 Å². The maximum Gasteiger partial charge on any atom is 0.170 e. The van der Waals surface area contributed by atoms with Crippen molar-refractivity contribution in [2.45, 2.75) is 0 Å². The van der Waals surface area contributed by atoms with Gasteiger partial charge in [0.1, 0.15) is 5.82 Å². The fourth-order valence-corrected chi connectivity index (χ4v) is 2.57. The van der Waals surface area contributed by atoms with Gasteiger partial charge >= 0.3 is 0 Å². The predicted molar refractivity (Wildman–Crippen MR) is 85.6 cm³/mol. The molecule has 3 rings (SSSR count). The number of carbonyl (C=O) groups is 1. The highest BCUT2D eigenvalue weighted by Crippen LogP contribution is 2.37. The minimum absolute atomic E-state index is 0.340. The van der Waals surface area contributed by atoms with Crippen molar-refractivity contribution < 1.29 is 18.7 Å². The number of halogens is 1. The lowest BCUT2D eigenvalue weighted by atomic mass is 10.0. The van der Waals surface area contributed by atoms with Crippen LogP contribution in [0.4, 0.5) is 4.39 Å². The number of hydrogen-bond acceptors (Lipinski definition) is 4. The molecule has 0 aliphatic carbocycles. The molecule has 1 heterocycles. The molecule has 0 saturated heterocycles. The molecule has 1 aromatic heterocycles. The first-order valence-electron chi connectivity index (χ1n) is 6.95. The molecule has 0 aliphatic heterocycles. The zero-order valence-electron chi connectivity index (χ0n) is 12.7. The van der Waals surface area contributed by atoms with Crippen molar-refractivity contribution in [1.29, 1.82) is 0 Å². The minimum atomic E-state index is -0.392. The Kier molecular flexibility index (Phi) is 3.93. The molecule has 116 valence electrons. The second-order valence-corrected chi connectivity index (χ2v) is 4.89. The Labute approximate surface area is 132 Å². The number of pyridine rings is 1. The highest BCUT2D eigenvalue weighted by molar-refractivity contribution is 6.02. The number of aromatic nitrogens is 1. The normalized spacial score (nSPS) is 10.6. The summed E-state index contributed by atoms with van der Waals surface area (Å²) in [6.45, 7) is 0. The zero-order valence-corrected chi connectivity index (χ0v) is 12.7. The van der Waals surface area contributed by atoms with Crippen molar-refractivity contribution in [3.05, 3.63) is 53.8 Å². The van der Waals surface area contributed by atoms with Crippen LogP contribution in [-0.4, -0.2) is 25.5 Å². The van der Waals surface area contributed by atoms with E-state index in [0.717, 1.165) is 0 Å². The molecule has 0 N–H and O–H groups in total. The van der Waals surface area contributed by atoms with Gasteiger partial charge < -0.3 is 9.47 Å². The molecule has 0 radical (unpaired) electrons. The molecule has 3 aromatic rings. The summed E-state index contributed by atoms with van der Waals surface area (Å²) < 4.78 is 24.6.